The molecule has 1 amide bonds. The van der Waals surface area contributed by atoms with Crippen molar-refractivity contribution in [2.75, 3.05) is 13.1 Å². The second-order valence-electron chi connectivity index (χ2n) is 4.16. The molecule has 0 spiro atoms. The van der Waals surface area contributed by atoms with E-state index in [9.17, 15) is 4.79 Å². The van der Waals surface area contributed by atoms with Crippen molar-refractivity contribution in [2.45, 2.75) is 19.4 Å². The molecule has 16 heavy (non-hydrogen) atoms. The summed E-state index contributed by atoms with van der Waals surface area (Å²) in [4.78, 5) is 13.7. The highest BCUT2D eigenvalue weighted by Gasteiger charge is 2.25. The van der Waals surface area contributed by atoms with Gasteiger partial charge in [0.1, 0.15) is 5.76 Å². The Bertz CT molecular complexity index is 337. The van der Waals surface area contributed by atoms with Crippen molar-refractivity contribution in [3.8, 4) is 0 Å². The number of hydrogen-bond donors (Lipinski definition) is 2. The first-order valence-electron chi connectivity index (χ1n) is 5.55. The molecular weight excluding hydrogens is 206 g/mol. The van der Waals surface area contributed by atoms with Crippen LogP contribution in [0.4, 0.5) is 0 Å². The zero-order valence-corrected chi connectivity index (χ0v) is 9.19. The number of piperidine rings is 1. The Morgan fingerprint density at radius 2 is 2.56 bits per heavy atom. The Hall–Kier alpha value is -1.33. The van der Waals surface area contributed by atoms with Gasteiger partial charge in [-0.1, -0.05) is 0 Å². The minimum absolute atomic E-state index is 0.00807. The van der Waals surface area contributed by atoms with Crippen molar-refractivity contribution in [1.82, 2.24) is 10.3 Å². The Balaban J connectivity index is 1.89. The average molecular weight is 223 g/mol. The lowest BCUT2D eigenvalue weighted by Gasteiger charge is -2.30. The molecule has 1 aliphatic heterocycles. The van der Waals surface area contributed by atoms with Crippen LogP contribution >= 0.6 is 0 Å². The van der Waals surface area contributed by atoms with E-state index in [1.165, 1.54) is 0 Å². The van der Waals surface area contributed by atoms with E-state index in [1.54, 1.807) is 6.26 Å². The minimum atomic E-state index is -0.0656. The fraction of sp³-hybridized carbons (Fsp3) is 0.545. The summed E-state index contributed by atoms with van der Waals surface area (Å²) in [5.41, 5.74) is 2.23. The van der Waals surface area contributed by atoms with Gasteiger partial charge in [-0.25, -0.2) is 5.84 Å². The SMILES string of the molecule is NNC(=O)C1CCCN(Cc2ccco2)C1. The number of carbonyl (C=O) groups is 1. The third-order valence-electron chi connectivity index (χ3n) is 2.98. The van der Waals surface area contributed by atoms with Crippen LogP contribution in [0.2, 0.25) is 0 Å². The Labute approximate surface area is 94.6 Å². The van der Waals surface area contributed by atoms with E-state index < -0.39 is 0 Å². The highest BCUT2D eigenvalue weighted by atomic mass is 16.3. The number of furan rings is 1. The maximum atomic E-state index is 11.4. The molecule has 1 saturated heterocycles. The van der Waals surface area contributed by atoms with Crippen LogP contribution in [0.1, 0.15) is 18.6 Å². The summed E-state index contributed by atoms with van der Waals surface area (Å²) in [5, 5.41) is 0. The van der Waals surface area contributed by atoms with Crippen molar-refractivity contribution in [1.29, 1.82) is 0 Å². The highest BCUT2D eigenvalue weighted by molar-refractivity contribution is 5.78. The largest absolute Gasteiger partial charge is 0.468 e. The molecule has 1 unspecified atom stereocenters. The molecule has 5 heteroatoms. The zero-order valence-electron chi connectivity index (χ0n) is 9.19. The molecule has 1 fully saturated rings. The summed E-state index contributed by atoms with van der Waals surface area (Å²) in [6, 6.07) is 3.83. The van der Waals surface area contributed by atoms with Gasteiger partial charge in [0.25, 0.3) is 0 Å². The summed E-state index contributed by atoms with van der Waals surface area (Å²) in [7, 11) is 0. The van der Waals surface area contributed by atoms with Gasteiger partial charge in [-0.05, 0) is 31.5 Å². The monoisotopic (exact) mass is 223 g/mol. The second-order valence-corrected chi connectivity index (χ2v) is 4.16. The predicted octanol–water partition coefficient (Wildman–Crippen LogP) is 0.481. The van der Waals surface area contributed by atoms with E-state index in [-0.39, 0.29) is 11.8 Å². The van der Waals surface area contributed by atoms with Crippen LogP contribution in [-0.2, 0) is 11.3 Å². The molecule has 1 aromatic heterocycles. The molecule has 0 bridgehead atoms. The summed E-state index contributed by atoms with van der Waals surface area (Å²) < 4.78 is 5.29. The fourth-order valence-corrected chi connectivity index (χ4v) is 2.15. The molecule has 1 atom stereocenters. The molecular formula is C11H17N3O2. The van der Waals surface area contributed by atoms with Gasteiger partial charge in [0.15, 0.2) is 0 Å². The second kappa shape index (κ2) is 5.14. The van der Waals surface area contributed by atoms with Gasteiger partial charge in [-0.3, -0.25) is 15.1 Å². The number of nitrogens with zero attached hydrogens (tertiary/aromatic N) is 1. The number of carbonyl (C=O) groups excluding carboxylic acids is 1. The van der Waals surface area contributed by atoms with E-state index in [0.29, 0.717) is 0 Å². The molecule has 88 valence electrons. The normalized spacial score (nSPS) is 21.9. The average Bonchev–Trinajstić information content (AvgIpc) is 2.81. The lowest BCUT2D eigenvalue weighted by molar-refractivity contribution is -0.126. The van der Waals surface area contributed by atoms with Crippen LogP contribution in [0, 0.1) is 5.92 Å². The molecule has 0 aromatic carbocycles. The van der Waals surface area contributed by atoms with E-state index in [1.807, 2.05) is 12.1 Å². The maximum Gasteiger partial charge on any atom is 0.238 e. The smallest absolute Gasteiger partial charge is 0.238 e. The number of amides is 1. The number of nitrogens with one attached hydrogen (secondary N) is 1. The molecule has 0 radical (unpaired) electrons. The van der Waals surface area contributed by atoms with Crippen molar-refractivity contribution in [3.63, 3.8) is 0 Å². The molecule has 1 aliphatic rings. The number of rotatable bonds is 3. The van der Waals surface area contributed by atoms with Crippen LogP contribution in [-0.4, -0.2) is 23.9 Å². The molecule has 1 aromatic rings. The molecule has 3 N–H and O–H groups in total. The highest BCUT2D eigenvalue weighted by Crippen LogP contribution is 2.18. The summed E-state index contributed by atoms with van der Waals surface area (Å²) in [5.74, 6) is 6.03. The van der Waals surface area contributed by atoms with Crippen LogP contribution in [0.15, 0.2) is 22.8 Å². The lowest BCUT2D eigenvalue weighted by Crippen LogP contribution is -2.44. The quantitative estimate of drug-likeness (QED) is 0.444. The van der Waals surface area contributed by atoms with Crippen molar-refractivity contribution in [2.24, 2.45) is 11.8 Å². The number of hydrazine groups is 1. The number of nitrogens with two attached hydrogens (primary N) is 1. The van der Waals surface area contributed by atoms with Crippen LogP contribution in [0.5, 0.6) is 0 Å². The predicted molar refractivity (Wildman–Crippen MR) is 59.0 cm³/mol. The van der Waals surface area contributed by atoms with Gasteiger partial charge in [-0.15, -0.1) is 0 Å². The molecule has 5 nitrogen and oxygen atoms in total. The summed E-state index contributed by atoms with van der Waals surface area (Å²) >= 11 is 0. The van der Waals surface area contributed by atoms with Gasteiger partial charge in [0.05, 0.1) is 18.7 Å². The number of likely N-dealkylation sites (tertiary alicyclic amines) is 1. The van der Waals surface area contributed by atoms with Gasteiger partial charge in [0, 0.05) is 6.54 Å². The topological polar surface area (TPSA) is 71.5 Å². The van der Waals surface area contributed by atoms with E-state index in [2.05, 4.69) is 10.3 Å². The standard InChI is InChI=1S/C11H17N3O2/c12-13-11(15)9-3-1-5-14(7-9)8-10-4-2-6-16-10/h2,4,6,9H,1,3,5,7-8,12H2,(H,13,15). The van der Waals surface area contributed by atoms with Crippen molar-refractivity contribution < 1.29 is 9.21 Å². The van der Waals surface area contributed by atoms with Gasteiger partial charge in [-0.2, -0.15) is 0 Å². The third-order valence-corrected chi connectivity index (χ3v) is 2.98. The molecule has 2 heterocycles. The fourth-order valence-electron chi connectivity index (χ4n) is 2.15. The maximum absolute atomic E-state index is 11.4. The van der Waals surface area contributed by atoms with E-state index >= 15 is 0 Å². The van der Waals surface area contributed by atoms with Crippen LogP contribution < -0.4 is 11.3 Å². The van der Waals surface area contributed by atoms with Gasteiger partial charge in [0.2, 0.25) is 5.91 Å². The first-order chi connectivity index (χ1) is 7.79. The van der Waals surface area contributed by atoms with E-state index in [0.717, 1.165) is 38.2 Å². The zero-order chi connectivity index (χ0) is 11.4. The third kappa shape index (κ3) is 2.62. The summed E-state index contributed by atoms with van der Waals surface area (Å²) in [6.07, 6.45) is 3.61. The first-order valence-corrected chi connectivity index (χ1v) is 5.55. The van der Waals surface area contributed by atoms with Crippen molar-refractivity contribution >= 4 is 5.91 Å². The molecule has 2 rings (SSSR count). The van der Waals surface area contributed by atoms with Crippen molar-refractivity contribution in [3.05, 3.63) is 24.2 Å². The van der Waals surface area contributed by atoms with Crippen LogP contribution in [0.3, 0.4) is 0 Å². The van der Waals surface area contributed by atoms with E-state index in [4.69, 9.17) is 10.3 Å². The van der Waals surface area contributed by atoms with Gasteiger partial charge < -0.3 is 4.42 Å². The van der Waals surface area contributed by atoms with Gasteiger partial charge >= 0.3 is 0 Å². The lowest BCUT2D eigenvalue weighted by atomic mass is 9.97. The minimum Gasteiger partial charge on any atom is -0.468 e. The first kappa shape index (κ1) is 11.2. The summed E-state index contributed by atoms with van der Waals surface area (Å²) in [6.45, 7) is 2.53. The Morgan fingerprint density at radius 1 is 1.69 bits per heavy atom. The Kier molecular flexibility index (Phi) is 3.58. The Morgan fingerprint density at radius 3 is 3.25 bits per heavy atom. The van der Waals surface area contributed by atoms with Crippen LogP contribution in [0.25, 0.3) is 0 Å². The molecule has 0 aliphatic carbocycles. The molecule has 0 saturated carbocycles. The number of hydrogen-bond acceptors (Lipinski definition) is 4.